The van der Waals surface area contributed by atoms with Gasteiger partial charge in [0.15, 0.2) is 0 Å². The van der Waals surface area contributed by atoms with Crippen molar-refractivity contribution in [3.05, 3.63) is 29.8 Å². The van der Waals surface area contributed by atoms with E-state index in [1.54, 1.807) is 0 Å². The van der Waals surface area contributed by atoms with Crippen LogP contribution >= 0.6 is 0 Å². The molecule has 2 rings (SSSR count). The van der Waals surface area contributed by atoms with Gasteiger partial charge in [0, 0.05) is 13.1 Å². The van der Waals surface area contributed by atoms with Gasteiger partial charge in [-0.05, 0) is 32.0 Å². The summed E-state index contributed by atoms with van der Waals surface area (Å²) < 4.78 is 25.8. The fourth-order valence-corrected chi connectivity index (χ4v) is 3.48. The third-order valence-corrected chi connectivity index (χ3v) is 4.77. The van der Waals surface area contributed by atoms with E-state index in [1.165, 1.54) is 4.31 Å². The van der Waals surface area contributed by atoms with Crippen LogP contribution in [0.4, 0.5) is 5.69 Å². The predicted octanol–water partition coefficient (Wildman–Crippen LogP) is 1.12. The highest BCUT2D eigenvalue weighted by Gasteiger charge is 2.23. The van der Waals surface area contributed by atoms with Gasteiger partial charge in [-0.1, -0.05) is 17.7 Å². The van der Waals surface area contributed by atoms with Crippen LogP contribution in [-0.4, -0.2) is 33.8 Å². The van der Waals surface area contributed by atoms with Crippen molar-refractivity contribution in [1.82, 2.24) is 5.32 Å². The monoisotopic (exact) mass is 254 g/mol. The molecule has 4 nitrogen and oxygen atoms in total. The van der Waals surface area contributed by atoms with Gasteiger partial charge in [-0.15, -0.1) is 0 Å². The van der Waals surface area contributed by atoms with Crippen LogP contribution in [0.2, 0.25) is 0 Å². The lowest BCUT2D eigenvalue weighted by Gasteiger charge is -2.26. The molecule has 0 atom stereocenters. The van der Waals surface area contributed by atoms with Crippen molar-refractivity contribution in [3.8, 4) is 0 Å². The van der Waals surface area contributed by atoms with Gasteiger partial charge in [-0.25, -0.2) is 8.42 Å². The average molecular weight is 254 g/mol. The molecule has 1 aliphatic rings. The smallest absolute Gasteiger partial charge is 0.235 e. The first-order valence-electron chi connectivity index (χ1n) is 5.87. The number of nitrogens with one attached hydrogen (secondary N) is 1. The van der Waals surface area contributed by atoms with Crippen LogP contribution in [-0.2, 0) is 10.0 Å². The van der Waals surface area contributed by atoms with E-state index in [2.05, 4.69) is 5.32 Å². The molecule has 1 saturated heterocycles. The minimum Gasteiger partial charge on any atom is -0.315 e. The van der Waals surface area contributed by atoms with Crippen molar-refractivity contribution in [2.45, 2.75) is 13.3 Å². The second-order valence-electron chi connectivity index (χ2n) is 4.33. The Morgan fingerprint density at radius 2 is 1.88 bits per heavy atom. The minimum atomic E-state index is -3.16. The molecule has 0 radical (unpaired) electrons. The maximum atomic E-state index is 12.1. The van der Waals surface area contributed by atoms with E-state index in [9.17, 15) is 8.42 Å². The Morgan fingerprint density at radius 3 is 2.59 bits per heavy atom. The molecule has 0 unspecified atom stereocenters. The average Bonchev–Trinajstić information content (AvgIpc) is 2.27. The zero-order chi connectivity index (χ0) is 12.3. The van der Waals surface area contributed by atoms with E-state index < -0.39 is 10.0 Å². The third kappa shape index (κ3) is 2.98. The van der Waals surface area contributed by atoms with Crippen molar-refractivity contribution >= 4 is 15.7 Å². The molecule has 1 N–H and O–H groups in total. The number of hydrogen-bond donors (Lipinski definition) is 1. The summed E-state index contributed by atoms with van der Waals surface area (Å²) in [6, 6.07) is 7.62. The van der Waals surface area contributed by atoms with Crippen molar-refractivity contribution in [2.75, 3.05) is 29.7 Å². The van der Waals surface area contributed by atoms with Gasteiger partial charge in [0.1, 0.15) is 0 Å². The van der Waals surface area contributed by atoms with Gasteiger partial charge in [-0.3, -0.25) is 4.31 Å². The summed E-state index contributed by atoms with van der Waals surface area (Å²) >= 11 is 0. The first-order chi connectivity index (χ1) is 8.09. The molecule has 94 valence electrons. The van der Waals surface area contributed by atoms with Gasteiger partial charge in [-0.2, -0.15) is 0 Å². The molecular weight excluding hydrogens is 236 g/mol. The number of aryl methyl sites for hydroxylation is 1. The fourth-order valence-electron chi connectivity index (χ4n) is 1.94. The van der Waals surface area contributed by atoms with Crippen LogP contribution in [0, 0.1) is 6.92 Å². The first-order valence-corrected chi connectivity index (χ1v) is 7.48. The molecule has 1 aromatic carbocycles. The Kier molecular flexibility index (Phi) is 3.69. The van der Waals surface area contributed by atoms with E-state index in [4.69, 9.17) is 0 Å². The van der Waals surface area contributed by atoms with E-state index in [-0.39, 0.29) is 5.75 Å². The summed E-state index contributed by atoms with van der Waals surface area (Å²) in [6.07, 6.45) is 0.671. The van der Waals surface area contributed by atoms with Gasteiger partial charge < -0.3 is 5.32 Å². The van der Waals surface area contributed by atoms with E-state index >= 15 is 0 Å². The molecule has 5 heteroatoms. The van der Waals surface area contributed by atoms with Crippen LogP contribution in [0.25, 0.3) is 0 Å². The maximum absolute atomic E-state index is 12.1. The maximum Gasteiger partial charge on any atom is 0.235 e. The lowest BCUT2D eigenvalue weighted by molar-refractivity contribution is 0.572. The second kappa shape index (κ2) is 5.06. The van der Waals surface area contributed by atoms with E-state index in [0.717, 1.165) is 17.8 Å². The predicted molar refractivity (Wildman–Crippen MR) is 69.8 cm³/mol. The largest absolute Gasteiger partial charge is 0.315 e. The number of hydrogen-bond acceptors (Lipinski definition) is 3. The van der Waals surface area contributed by atoms with Crippen LogP contribution < -0.4 is 9.62 Å². The van der Waals surface area contributed by atoms with Gasteiger partial charge in [0.2, 0.25) is 10.0 Å². The van der Waals surface area contributed by atoms with Crippen molar-refractivity contribution in [1.29, 1.82) is 0 Å². The van der Waals surface area contributed by atoms with Crippen molar-refractivity contribution < 1.29 is 8.42 Å². The van der Waals surface area contributed by atoms with Crippen molar-refractivity contribution in [3.63, 3.8) is 0 Å². The summed E-state index contributed by atoms with van der Waals surface area (Å²) in [5.41, 5.74) is 1.90. The van der Waals surface area contributed by atoms with Crippen LogP contribution in [0.15, 0.2) is 24.3 Å². The fraction of sp³-hybridized carbons (Fsp3) is 0.500. The highest BCUT2D eigenvalue weighted by atomic mass is 32.2. The number of sulfonamides is 1. The zero-order valence-electron chi connectivity index (χ0n) is 10.0. The summed E-state index contributed by atoms with van der Waals surface area (Å²) in [6.45, 7) is 3.98. The standard InChI is InChI=1S/C12H18N2O2S/c1-11-3-5-12(6-4-11)14-9-8-13-7-2-10-17(14,15)16/h3-6,13H,2,7-10H2,1H3. The van der Waals surface area contributed by atoms with Crippen LogP contribution in [0.1, 0.15) is 12.0 Å². The lowest BCUT2D eigenvalue weighted by atomic mass is 10.2. The molecule has 1 aromatic rings. The van der Waals surface area contributed by atoms with Gasteiger partial charge in [0.05, 0.1) is 11.4 Å². The molecule has 1 heterocycles. The number of rotatable bonds is 1. The Morgan fingerprint density at radius 1 is 1.18 bits per heavy atom. The van der Waals surface area contributed by atoms with Gasteiger partial charge >= 0.3 is 0 Å². The molecule has 17 heavy (non-hydrogen) atoms. The minimum absolute atomic E-state index is 0.216. The SMILES string of the molecule is Cc1ccc(N2CCNCCCS2(=O)=O)cc1. The number of anilines is 1. The summed E-state index contributed by atoms with van der Waals surface area (Å²) in [7, 11) is -3.16. The summed E-state index contributed by atoms with van der Waals surface area (Å²) in [5, 5.41) is 3.23. The molecule has 0 amide bonds. The first kappa shape index (κ1) is 12.4. The van der Waals surface area contributed by atoms with E-state index in [1.807, 2.05) is 31.2 Å². The van der Waals surface area contributed by atoms with Crippen LogP contribution in [0.5, 0.6) is 0 Å². The summed E-state index contributed by atoms with van der Waals surface area (Å²) in [5.74, 6) is 0.216. The molecule has 0 spiro atoms. The Labute approximate surface area is 103 Å². The number of benzene rings is 1. The molecule has 0 bridgehead atoms. The Bertz CT molecular complexity index is 468. The quantitative estimate of drug-likeness (QED) is 0.817. The highest BCUT2D eigenvalue weighted by molar-refractivity contribution is 7.92. The highest BCUT2D eigenvalue weighted by Crippen LogP contribution is 2.19. The van der Waals surface area contributed by atoms with E-state index in [0.29, 0.717) is 19.5 Å². The Hall–Kier alpha value is -1.07. The van der Waals surface area contributed by atoms with Crippen molar-refractivity contribution in [2.24, 2.45) is 0 Å². The third-order valence-electron chi connectivity index (χ3n) is 2.91. The molecule has 0 aliphatic carbocycles. The lowest BCUT2D eigenvalue weighted by Crippen LogP contribution is -2.41. The topological polar surface area (TPSA) is 49.4 Å². The molecule has 0 aromatic heterocycles. The second-order valence-corrected chi connectivity index (χ2v) is 6.34. The normalized spacial score (nSPS) is 20.6. The number of nitrogens with zero attached hydrogens (tertiary/aromatic N) is 1. The van der Waals surface area contributed by atoms with Gasteiger partial charge in [0.25, 0.3) is 0 Å². The molecule has 0 saturated carbocycles. The summed E-state index contributed by atoms with van der Waals surface area (Å²) in [4.78, 5) is 0. The molecule has 1 fully saturated rings. The Balaban J connectivity index is 2.29. The zero-order valence-corrected chi connectivity index (χ0v) is 10.8. The molecule has 1 aliphatic heterocycles. The molecular formula is C12H18N2O2S. The van der Waals surface area contributed by atoms with Crippen LogP contribution in [0.3, 0.4) is 0 Å².